The Bertz CT molecular complexity index is 511. The summed E-state index contributed by atoms with van der Waals surface area (Å²) in [5.74, 6) is -0.875. The summed E-state index contributed by atoms with van der Waals surface area (Å²) in [7, 11) is 0. The summed E-state index contributed by atoms with van der Waals surface area (Å²) < 4.78 is 0.772. The van der Waals surface area contributed by atoms with Crippen LogP contribution >= 0.6 is 22.6 Å². The zero-order valence-corrected chi connectivity index (χ0v) is 13.2. The molecule has 0 aromatic heterocycles. The van der Waals surface area contributed by atoms with Crippen LogP contribution in [0.3, 0.4) is 0 Å². The summed E-state index contributed by atoms with van der Waals surface area (Å²) >= 11 is 2.04. The Morgan fingerprint density at radius 3 is 2.20 bits per heavy atom. The molecular formula is C11H7IInO2. The van der Waals surface area contributed by atoms with Gasteiger partial charge in [0.05, 0.1) is 5.56 Å². The van der Waals surface area contributed by atoms with Gasteiger partial charge in [-0.1, -0.05) is 24.3 Å². The minimum atomic E-state index is -0.875. The zero-order chi connectivity index (χ0) is 10.1. The van der Waals surface area contributed by atoms with E-state index in [1.165, 1.54) is 0 Å². The predicted octanol–water partition coefficient (Wildman–Crippen LogP) is 2.76. The number of rotatable bonds is 1. The first kappa shape index (κ1) is 12.8. The van der Waals surface area contributed by atoms with Crippen LogP contribution in [0.15, 0.2) is 36.4 Å². The van der Waals surface area contributed by atoms with Gasteiger partial charge in [0.1, 0.15) is 0 Å². The van der Waals surface area contributed by atoms with Crippen LogP contribution in [0, 0.1) is 3.57 Å². The largest absolute Gasteiger partial charge is 0.478 e. The van der Waals surface area contributed by atoms with Crippen molar-refractivity contribution in [1.82, 2.24) is 0 Å². The van der Waals surface area contributed by atoms with Gasteiger partial charge in [-0.05, 0) is 45.5 Å². The fourth-order valence-corrected chi connectivity index (χ4v) is 2.10. The molecule has 0 heterocycles. The number of hydrogen-bond donors (Lipinski definition) is 1. The molecule has 0 spiro atoms. The predicted molar refractivity (Wildman–Crippen MR) is 69.4 cm³/mol. The average molecular weight is 413 g/mol. The van der Waals surface area contributed by atoms with Crippen molar-refractivity contribution >= 4 is 65.2 Å². The van der Waals surface area contributed by atoms with Crippen LogP contribution in [0.5, 0.6) is 0 Å². The van der Waals surface area contributed by atoms with Gasteiger partial charge in [-0.2, -0.15) is 0 Å². The number of benzene rings is 2. The van der Waals surface area contributed by atoms with Gasteiger partial charge in [-0.25, -0.2) is 4.79 Å². The Kier molecular flexibility index (Phi) is 4.46. The maximum Gasteiger partial charge on any atom is 0.336 e. The molecule has 4 heteroatoms. The van der Waals surface area contributed by atoms with E-state index in [0.29, 0.717) is 5.56 Å². The molecule has 0 aliphatic rings. The van der Waals surface area contributed by atoms with Crippen LogP contribution in [0.4, 0.5) is 0 Å². The maximum absolute atomic E-state index is 10.9. The molecule has 2 rings (SSSR count). The monoisotopic (exact) mass is 413 g/mol. The number of halogens is 1. The van der Waals surface area contributed by atoms with Crippen LogP contribution in [-0.4, -0.2) is 36.9 Å². The van der Waals surface area contributed by atoms with E-state index in [9.17, 15) is 4.79 Å². The third-order valence-electron chi connectivity index (χ3n) is 2.07. The van der Waals surface area contributed by atoms with E-state index in [1.54, 1.807) is 6.07 Å². The van der Waals surface area contributed by atoms with Gasteiger partial charge in [-0.15, -0.1) is 0 Å². The van der Waals surface area contributed by atoms with Crippen molar-refractivity contribution in [3.8, 4) is 0 Å². The molecular weight excluding hydrogens is 406 g/mol. The van der Waals surface area contributed by atoms with Crippen molar-refractivity contribution in [3.63, 3.8) is 0 Å². The van der Waals surface area contributed by atoms with Crippen molar-refractivity contribution in [2.24, 2.45) is 0 Å². The molecule has 0 fully saturated rings. The second-order valence-corrected chi connectivity index (χ2v) is 4.15. The van der Waals surface area contributed by atoms with Gasteiger partial charge >= 0.3 is 5.97 Å². The molecule has 2 aromatic carbocycles. The molecule has 0 amide bonds. The first-order valence-electron chi connectivity index (χ1n) is 4.10. The first-order valence-corrected chi connectivity index (χ1v) is 5.18. The van der Waals surface area contributed by atoms with Crippen molar-refractivity contribution in [2.45, 2.75) is 0 Å². The first-order chi connectivity index (χ1) is 6.68. The SMILES string of the molecule is O=C(O)c1cc2ccccc2cc1I.[In]. The summed E-state index contributed by atoms with van der Waals surface area (Å²) in [5.41, 5.74) is 0.365. The Morgan fingerprint density at radius 1 is 1.13 bits per heavy atom. The molecule has 0 atom stereocenters. The Morgan fingerprint density at radius 2 is 1.67 bits per heavy atom. The van der Waals surface area contributed by atoms with Crippen LogP contribution in [0.2, 0.25) is 0 Å². The fraction of sp³-hybridized carbons (Fsp3) is 0. The van der Waals surface area contributed by atoms with E-state index in [-0.39, 0.29) is 25.8 Å². The average Bonchev–Trinajstić information content (AvgIpc) is 2.16. The number of carboxylic acids is 1. The molecule has 0 aliphatic carbocycles. The summed E-state index contributed by atoms with van der Waals surface area (Å²) in [6.45, 7) is 0. The van der Waals surface area contributed by atoms with E-state index < -0.39 is 5.97 Å². The number of fused-ring (bicyclic) bond motifs is 1. The second kappa shape index (κ2) is 5.21. The zero-order valence-electron chi connectivity index (χ0n) is 7.77. The molecule has 0 saturated carbocycles. The minimum absolute atomic E-state index is 0. The summed E-state index contributed by atoms with van der Waals surface area (Å²) in [4.78, 5) is 10.9. The third kappa shape index (κ3) is 2.66. The van der Waals surface area contributed by atoms with Gasteiger partial charge < -0.3 is 5.11 Å². The Labute approximate surface area is 120 Å². The molecule has 0 bridgehead atoms. The molecule has 0 unspecified atom stereocenters. The molecule has 73 valence electrons. The van der Waals surface area contributed by atoms with Crippen LogP contribution in [-0.2, 0) is 0 Å². The van der Waals surface area contributed by atoms with Gasteiger partial charge in [0.15, 0.2) is 0 Å². The van der Waals surface area contributed by atoms with Gasteiger partial charge in [0.25, 0.3) is 0 Å². The molecule has 1 N–H and O–H groups in total. The van der Waals surface area contributed by atoms with Crippen LogP contribution in [0.1, 0.15) is 10.4 Å². The second-order valence-electron chi connectivity index (χ2n) is 2.98. The molecule has 3 radical (unpaired) electrons. The van der Waals surface area contributed by atoms with Crippen molar-refractivity contribution in [3.05, 3.63) is 45.5 Å². The molecule has 15 heavy (non-hydrogen) atoms. The van der Waals surface area contributed by atoms with Gasteiger partial charge in [0, 0.05) is 29.4 Å². The van der Waals surface area contributed by atoms with Gasteiger partial charge in [0.2, 0.25) is 0 Å². The number of aromatic carboxylic acids is 1. The molecule has 0 aliphatic heterocycles. The standard InChI is InChI=1S/C11H7IO2.In/c12-10-6-8-4-2-1-3-7(8)5-9(10)11(13)14;/h1-6H,(H,13,14);. The molecule has 0 saturated heterocycles. The summed E-state index contributed by atoms with van der Waals surface area (Å²) in [6, 6.07) is 11.3. The molecule has 2 nitrogen and oxygen atoms in total. The van der Waals surface area contributed by atoms with Crippen molar-refractivity contribution in [1.29, 1.82) is 0 Å². The van der Waals surface area contributed by atoms with E-state index in [1.807, 2.05) is 52.9 Å². The minimum Gasteiger partial charge on any atom is -0.478 e. The van der Waals surface area contributed by atoms with Crippen LogP contribution < -0.4 is 0 Å². The summed E-state index contributed by atoms with van der Waals surface area (Å²) in [6.07, 6.45) is 0. The van der Waals surface area contributed by atoms with E-state index in [0.717, 1.165) is 14.3 Å². The van der Waals surface area contributed by atoms with E-state index in [2.05, 4.69) is 0 Å². The summed E-state index contributed by atoms with van der Waals surface area (Å²) in [5, 5.41) is 11.0. The maximum atomic E-state index is 10.9. The van der Waals surface area contributed by atoms with Crippen molar-refractivity contribution in [2.75, 3.05) is 0 Å². The molecule has 2 aromatic rings. The number of carboxylic acid groups (broad SMARTS) is 1. The van der Waals surface area contributed by atoms with E-state index >= 15 is 0 Å². The van der Waals surface area contributed by atoms with E-state index in [4.69, 9.17) is 5.11 Å². The smallest absolute Gasteiger partial charge is 0.336 e. The normalized spacial score (nSPS) is 9.67. The van der Waals surface area contributed by atoms with Gasteiger partial charge in [-0.3, -0.25) is 0 Å². The number of carbonyl (C=O) groups is 1. The quantitative estimate of drug-likeness (QED) is 0.731. The van der Waals surface area contributed by atoms with Crippen LogP contribution in [0.25, 0.3) is 10.8 Å². The third-order valence-corrected chi connectivity index (χ3v) is 2.96. The number of hydrogen-bond acceptors (Lipinski definition) is 1. The Balaban J connectivity index is 0.00000112. The topological polar surface area (TPSA) is 37.3 Å². The Hall–Kier alpha value is -0.230. The van der Waals surface area contributed by atoms with Crippen molar-refractivity contribution < 1.29 is 9.90 Å². The fourth-order valence-electron chi connectivity index (χ4n) is 1.38.